The number of nitrogens with one attached hydrogen (secondary N) is 1. The molecule has 11 heteroatoms. The number of hydrogen-bond acceptors (Lipinski definition) is 7. The largest absolute Gasteiger partial charge is 0.504 e. The van der Waals surface area contributed by atoms with E-state index in [4.69, 9.17) is 21.9 Å². The number of hydrogen-bond donors (Lipinski definition) is 5. The highest BCUT2D eigenvalue weighted by Crippen LogP contribution is 2.55. The zero-order valence-corrected chi connectivity index (χ0v) is 24.5. The lowest BCUT2D eigenvalue weighted by Crippen LogP contribution is -2.46. The molecule has 1 fully saturated rings. The van der Waals surface area contributed by atoms with E-state index in [9.17, 15) is 19.5 Å². The highest BCUT2D eigenvalue weighted by Gasteiger charge is 2.50. The van der Waals surface area contributed by atoms with E-state index >= 15 is 0 Å². The molecule has 0 bridgehead atoms. The molecule has 40 heavy (non-hydrogen) atoms. The zero-order valence-electron chi connectivity index (χ0n) is 24.5. The number of allylic oxidation sites excluding steroid dienone is 1. The normalized spacial score (nSPS) is 19.7. The molecule has 0 spiro atoms. The second-order valence-electron chi connectivity index (χ2n) is 10.9. The van der Waals surface area contributed by atoms with Crippen molar-refractivity contribution in [3.63, 3.8) is 0 Å². The van der Waals surface area contributed by atoms with Crippen LogP contribution in [0.5, 0.6) is 11.5 Å². The molecule has 11 nitrogen and oxygen atoms in total. The van der Waals surface area contributed by atoms with Crippen molar-refractivity contribution < 1.29 is 24.2 Å². The van der Waals surface area contributed by atoms with Gasteiger partial charge in [0.15, 0.2) is 23.2 Å². The number of ketones is 1. The number of amides is 2. The Morgan fingerprint density at radius 2 is 2.00 bits per heavy atom. The number of benzene rings is 1. The van der Waals surface area contributed by atoms with Crippen LogP contribution < -0.4 is 27.3 Å². The third kappa shape index (κ3) is 7.32. The lowest BCUT2D eigenvalue weighted by Gasteiger charge is -2.48. The number of phenols is 1. The molecule has 1 aliphatic rings. The third-order valence-electron chi connectivity index (χ3n) is 7.91. The van der Waals surface area contributed by atoms with E-state index in [1.807, 2.05) is 13.8 Å². The number of Topliss-reactive ketones (excluding diaryl/α,β-unsaturated/α-hetero) is 1. The van der Waals surface area contributed by atoms with Gasteiger partial charge < -0.3 is 37.3 Å². The van der Waals surface area contributed by atoms with Crippen molar-refractivity contribution in [3.8, 4) is 11.5 Å². The van der Waals surface area contributed by atoms with E-state index in [1.165, 1.54) is 11.9 Å². The van der Waals surface area contributed by atoms with Gasteiger partial charge in [0.25, 0.3) is 0 Å². The predicted octanol–water partition coefficient (Wildman–Crippen LogP) is 2.47. The van der Waals surface area contributed by atoms with Crippen LogP contribution >= 0.6 is 0 Å². The van der Waals surface area contributed by atoms with Crippen molar-refractivity contribution in [1.29, 1.82) is 0 Å². The number of aryl methyl sites for hydroxylation is 1. The first-order valence-electron chi connectivity index (χ1n) is 13.8. The average molecular weight is 559 g/mol. The molecule has 0 aliphatic heterocycles. The first-order chi connectivity index (χ1) is 18.8. The number of aliphatic imine (C=N–C) groups is 1. The predicted molar refractivity (Wildman–Crippen MR) is 156 cm³/mol. The quantitative estimate of drug-likeness (QED) is 0.112. The van der Waals surface area contributed by atoms with Crippen molar-refractivity contribution in [3.05, 3.63) is 35.4 Å². The SMILES string of the molecule is C=C1C(=O)CCC(C(C)C)C1(CC)c1c(C)ccc(OC(=O)N(C)CCNC(=O)C(N)CCCN=C(N)N)c1O. The molecule has 8 N–H and O–H groups in total. The van der Waals surface area contributed by atoms with Crippen LogP contribution in [0.15, 0.2) is 29.3 Å². The van der Waals surface area contributed by atoms with Crippen molar-refractivity contribution >= 4 is 23.7 Å². The molecule has 2 amide bonds. The van der Waals surface area contributed by atoms with Gasteiger partial charge in [0, 0.05) is 44.1 Å². The Hall–Kier alpha value is -3.60. The average Bonchev–Trinajstić information content (AvgIpc) is 2.89. The van der Waals surface area contributed by atoms with Crippen LogP contribution in [0.1, 0.15) is 64.0 Å². The molecule has 1 aliphatic carbocycles. The fourth-order valence-corrected chi connectivity index (χ4v) is 5.76. The van der Waals surface area contributed by atoms with E-state index in [0.717, 1.165) is 5.56 Å². The maximum atomic E-state index is 12.9. The van der Waals surface area contributed by atoms with Crippen LogP contribution in [0.2, 0.25) is 0 Å². The number of carbonyl (C=O) groups excluding carboxylic acids is 3. The Labute approximate surface area is 237 Å². The molecular weight excluding hydrogens is 512 g/mol. The monoisotopic (exact) mass is 558 g/mol. The molecule has 2 rings (SSSR count). The summed E-state index contributed by atoms with van der Waals surface area (Å²) in [7, 11) is 1.53. The Kier molecular flexibility index (Phi) is 11.5. The number of nitrogens with two attached hydrogens (primary N) is 3. The molecule has 222 valence electrons. The number of nitrogens with zero attached hydrogens (tertiary/aromatic N) is 2. The van der Waals surface area contributed by atoms with Crippen LogP contribution in [0.25, 0.3) is 0 Å². The van der Waals surface area contributed by atoms with Crippen LogP contribution in [-0.4, -0.2) is 66.5 Å². The fourth-order valence-electron chi connectivity index (χ4n) is 5.76. The lowest BCUT2D eigenvalue weighted by atomic mass is 9.55. The number of guanidine groups is 1. The fraction of sp³-hybridized carbons (Fsp3) is 0.586. The number of aromatic hydroxyl groups is 1. The van der Waals surface area contributed by atoms with Crippen molar-refractivity contribution in [1.82, 2.24) is 10.2 Å². The summed E-state index contributed by atoms with van der Waals surface area (Å²) in [5.41, 5.74) is 17.6. The minimum Gasteiger partial charge on any atom is -0.504 e. The number of ether oxygens (including phenoxy) is 1. The minimum absolute atomic E-state index is 0.00444. The molecule has 0 saturated heterocycles. The van der Waals surface area contributed by atoms with Crippen LogP contribution in [0.4, 0.5) is 4.79 Å². The maximum Gasteiger partial charge on any atom is 0.415 e. The Morgan fingerprint density at radius 1 is 1.32 bits per heavy atom. The second-order valence-corrected chi connectivity index (χ2v) is 10.9. The van der Waals surface area contributed by atoms with Gasteiger partial charge in [0.05, 0.1) is 6.04 Å². The summed E-state index contributed by atoms with van der Waals surface area (Å²) in [5, 5.41) is 14.1. The highest BCUT2D eigenvalue weighted by molar-refractivity contribution is 5.99. The number of phenolic OH excluding ortho intramolecular Hbond substituents is 1. The van der Waals surface area contributed by atoms with Gasteiger partial charge in [-0.1, -0.05) is 33.4 Å². The summed E-state index contributed by atoms with van der Waals surface area (Å²) in [6.07, 6.45) is 1.96. The zero-order chi connectivity index (χ0) is 30.2. The number of carbonyl (C=O) groups is 3. The van der Waals surface area contributed by atoms with E-state index in [1.54, 1.807) is 12.1 Å². The van der Waals surface area contributed by atoms with E-state index in [0.29, 0.717) is 49.8 Å². The lowest BCUT2D eigenvalue weighted by molar-refractivity contribution is -0.122. The molecule has 1 aromatic rings. The Bertz CT molecular complexity index is 1130. The van der Waals surface area contributed by atoms with Crippen molar-refractivity contribution in [2.24, 2.45) is 34.0 Å². The van der Waals surface area contributed by atoms with Gasteiger partial charge in [0.1, 0.15) is 0 Å². The molecule has 0 aromatic heterocycles. The van der Waals surface area contributed by atoms with Gasteiger partial charge in [-0.15, -0.1) is 0 Å². The maximum absolute atomic E-state index is 12.9. The molecule has 1 saturated carbocycles. The summed E-state index contributed by atoms with van der Waals surface area (Å²) in [6.45, 7) is 13.0. The summed E-state index contributed by atoms with van der Waals surface area (Å²) >= 11 is 0. The van der Waals surface area contributed by atoms with Gasteiger partial charge in [0.2, 0.25) is 5.91 Å². The summed E-state index contributed by atoms with van der Waals surface area (Å²) in [5.74, 6) is -0.197. The van der Waals surface area contributed by atoms with Crippen LogP contribution in [0.3, 0.4) is 0 Å². The Balaban J connectivity index is 2.12. The van der Waals surface area contributed by atoms with Crippen molar-refractivity contribution in [2.45, 2.75) is 71.3 Å². The highest BCUT2D eigenvalue weighted by atomic mass is 16.6. The number of likely N-dealkylation sites (N-methyl/N-ethyl adjacent to an activating group) is 1. The van der Waals surface area contributed by atoms with E-state index in [2.05, 4.69) is 30.7 Å². The standard InChI is InChI=1S/C29H46N6O5/c1-7-29(19(5)22(36)12-11-20(29)17(2)3)24-18(4)10-13-23(25(24)37)40-28(39)35(6)16-15-33-26(38)21(30)9-8-14-34-27(31)32/h10,13,17,20-21,37H,5,7-9,11-12,14-16,30H2,1-4,6H3,(H,33,38)(H4,31,32,34). The minimum atomic E-state index is -0.766. The smallest absolute Gasteiger partial charge is 0.415 e. The molecule has 1 aromatic carbocycles. The number of rotatable bonds is 12. The molecule has 0 radical (unpaired) electrons. The first kappa shape index (κ1) is 32.6. The molecule has 3 unspecified atom stereocenters. The molecule has 0 heterocycles. The summed E-state index contributed by atoms with van der Waals surface area (Å²) < 4.78 is 5.58. The molecule has 3 atom stereocenters. The van der Waals surface area contributed by atoms with E-state index < -0.39 is 17.6 Å². The second kappa shape index (κ2) is 14.2. The first-order valence-corrected chi connectivity index (χ1v) is 13.8. The van der Waals surface area contributed by atoms with Crippen LogP contribution in [0, 0.1) is 18.8 Å². The van der Waals surface area contributed by atoms with Gasteiger partial charge in [-0.05, 0) is 61.6 Å². The van der Waals surface area contributed by atoms with Gasteiger partial charge >= 0.3 is 6.09 Å². The topological polar surface area (TPSA) is 186 Å². The van der Waals surface area contributed by atoms with Crippen molar-refractivity contribution in [2.75, 3.05) is 26.7 Å². The van der Waals surface area contributed by atoms with E-state index in [-0.39, 0.29) is 54.1 Å². The van der Waals surface area contributed by atoms with Gasteiger partial charge in [-0.2, -0.15) is 0 Å². The molecular formula is C29H46N6O5. The summed E-state index contributed by atoms with van der Waals surface area (Å²) in [6, 6.07) is 2.61. The third-order valence-corrected chi connectivity index (χ3v) is 7.91. The van der Waals surface area contributed by atoms with Gasteiger partial charge in [-0.3, -0.25) is 14.6 Å². The van der Waals surface area contributed by atoms with Gasteiger partial charge in [-0.25, -0.2) is 4.79 Å². The summed E-state index contributed by atoms with van der Waals surface area (Å²) in [4.78, 5) is 43.1. The van der Waals surface area contributed by atoms with Crippen LogP contribution in [-0.2, 0) is 15.0 Å². The Morgan fingerprint density at radius 3 is 2.60 bits per heavy atom.